The lowest BCUT2D eigenvalue weighted by molar-refractivity contribution is -0.137. The average molecular weight is 313 g/mol. The second-order valence-electron chi connectivity index (χ2n) is 5.21. The van der Waals surface area contributed by atoms with Crippen LogP contribution in [0.1, 0.15) is 26.2 Å². The molecular formula is C14H19NO5S. The number of para-hydroxylation sites is 2. The monoisotopic (exact) mass is 313 g/mol. The fourth-order valence-electron chi connectivity index (χ4n) is 2.61. The van der Waals surface area contributed by atoms with E-state index in [0.29, 0.717) is 24.3 Å². The first-order chi connectivity index (χ1) is 9.80. The summed E-state index contributed by atoms with van der Waals surface area (Å²) in [4.78, 5) is 10.6. The Kier molecular flexibility index (Phi) is 4.41. The zero-order chi connectivity index (χ0) is 15.6. The molecule has 6 nitrogen and oxygen atoms in total. The number of anilines is 1. The van der Waals surface area contributed by atoms with Gasteiger partial charge in [-0.25, -0.2) is 8.42 Å². The Labute approximate surface area is 124 Å². The molecule has 1 N–H and O–H groups in total. The number of rotatable bonds is 5. The molecule has 0 amide bonds. The second-order valence-corrected chi connectivity index (χ2v) is 7.07. The number of carbonyl (C=O) groups is 1. The number of sulfonamides is 1. The van der Waals surface area contributed by atoms with Crippen LogP contribution in [0.4, 0.5) is 5.69 Å². The highest BCUT2D eigenvalue weighted by atomic mass is 32.2. The van der Waals surface area contributed by atoms with E-state index in [9.17, 15) is 13.2 Å². The normalized spacial score (nSPS) is 21.5. The maximum atomic E-state index is 12.1. The molecule has 1 heterocycles. The Hall–Kier alpha value is -1.76. The molecule has 0 spiro atoms. The first-order valence-electron chi connectivity index (χ1n) is 6.77. The average Bonchev–Trinajstić information content (AvgIpc) is 2.37. The highest BCUT2D eigenvalue weighted by Crippen LogP contribution is 2.38. The highest BCUT2D eigenvalue weighted by molar-refractivity contribution is 7.92. The zero-order valence-electron chi connectivity index (χ0n) is 12.0. The number of hydrogen-bond donors (Lipinski definition) is 1. The first kappa shape index (κ1) is 15.6. The van der Waals surface area contributed by atoms with Gasteiger partial charge in [0.05, 0.1) is 18.0 Å². The Morgan fingerprint density at radius 2 is 2.05 bits per heavy atom. The number of ether oxygens (including phenoxy) is 1. The maximum Gasteiger partial charge on any atom is 0.303 e. The van der Waals surface area contributed by atoms with Gasteiger partial charge in [0.25, 0.3) is 0 Å². The van der Waals surface area contributed by atoms with Gasteiger partial charge in [-0.1, -0.05) is 12.1 Å². The standard InChI is InChI=1S/C14H19NO5S/c1-10-12(8-5-9-14(16)17)20-13-7-4-3-6-11(13)15(10)21(2,18)19/h3-4,6-7,10,12H,5,8-9H2,1-2H3,(H,16,17)/t10-,12+/m1/s1. The molecule has 0 saturated heterocycles. The molecule has 7 heteroatoms. The summed E-state index contributed by atoms with van der Waals surface area (Å²) in [5.74, 6) is -0.347. The SMILES string of the molecule is C[C@@H]1[C@H](CCCC(=O)O)Oc2ccccc2N1S(C)(=O)=O. The van der Waals surface area contributed by atoms with Gasteiger partial charge in [0.1, 0.15) is 11.9 Å². The van der Waals surface area contributed by atoms with Crippen LogP contribution in [0.15, 0.2) is 24.3 Å². The van der Waals surface area contributed by atoms with Gasteiger partial charge in [-0.3, -0.25) is 9.10 Å². The van der Waals surface area contributed by atoms with Gasteiger partial charge in [0, 0.05) is 6.42 Å². The van der Waals surface area contributed by atoms with Gasteiger partial charge in [0.15, 0.2) is 0 Å². The molecule has 0 aromatic heterocycles. The molecule has 1 aliphatic heterocycles. The molecule has 1 aromatic carbocycles. The van der Waals surface area contributed by atoms with Crippen molar-refractivity contribution in [1.29, 1.82) is 0 Å². The number of hydrogen-bond acceptors (Lipinski definition) is 4. The van der Waals surface area contributed by atoms with Gasteiger partial charge in [0.2, 0.25) is 10.0 Å². The van der Waals surface area contributed by atoms with E-state index >= 15 is 0 Å². The van der Waals surface area contributed by atoms with Crippen molar-refractivity contribution in [3.8, 4) is 5.75 Å². The summed E-state index contributed by atoms with van der Waals surface area (Å²) >= 11 is 0. The molecule has 1 aromatic rings. The van der Waals surface area contributed by atoms with Crippen LogP contribution in [0.5, 0.6) is 5.75 Å². The van der Waals surface area contributed by atoms with Crippen molar-refractivity contribution in [2.45, 2.75) is 38.3 Å². The second kappa shape index (κ2) is 5.93. The van der Waals surface area contributed by atoms with E-state index < -0.39 is 16.0 Å². The van der Waals surface area contributed by atoms with Gasteiger partial charge in [-0.2, -0.15) is 0 Å². The molecule has 0 bridgehead atoms. The Morgan fingerprint density at radius 1 is 1.38 bits per heavy atom. The van der Waals surface area contributed by atoms with Crippen LogP contribution in [-0.4, -0.2) is 37.9 Å². The topological polar surface area (TPSA) is 83.9 Å². The third kappa shape index (κ3) is 3.47. The third-order valence-electron chi connectivity index (χ3n) is 3.53. The summed E-state index contributed by atoms with van der Waals surface area (Å²) < 4.78 is 31.3. The first-order valence-corrected chi connectivity index (χ1v) is 8.62. The quantitative estimate of drug-likeness (QED) is 0.897. The van der Waals surface area contributed by atoms with E-state index in [2.05, 4.69) is 0 Å². The molecule has 0 unspecified atom stereocenters. The maximum absolute atomic E-state index is 12.1. The van der Waals surface area contributed by atoms with Crippen molar-refractivity contribution >= 4 is 21.7 Å². The Bertz CT molecular complexity index is 628. The van der Waals surface area contributed by atoms with E-state index in [-0.39, 0.29) is 18.6 Å². The van der Waals surface area contributed by atoms with Crippen molar-refractivity contribution in [3.05, 3.63) is 24.3 Å². The van der Waals surface area contributed by atoms with Gasteiger partial charge >= 0.3 is 5.97 Å². The van der Waals surface area contributed by atoms with Crippen LogP contribution in [0.25, 0.3) is 0 Å². The van der Waals surface area contributed by atoms with E-state index in [1.165, 1.54) is 10.6 Å². The number of nitrogens with zero attached hydrogens (tertiary/aromatic N) is 1. The molecule has 2 rings (SSSR count). The van der Waals surface area contributed by atoms with Crippen molar-refractivity contribution < 1.29 is 23.1 Å². The molecule has 1 aliphatic rings. The molecule has 21 heavy (non-hydrogen) atoms. The summed E-state index contributed by atoms with van der Waals surface area (Å²) in [5, 5.41) is 8.70. The summed E-state index contributed by atoms with van der Waals surface area (Å²) in [5.41, 5.74) is 0.530. The number of fused-ring (bicyclic) bond motifs is 1. The van der Waals surface area contributed by atoms with Crippen LogP contribution in [0.2, 0.25) is 0 Å². The van der Waals surface area contributed by atoms with Crippen molar-refractivity contribution in [3.63, 3.8) is 0 Å². The molecule has 0 saturated carbocycles. The van der Waals surface area contributed by atoms with Crippen LogP contribution in [-0.2, 0) is 14.8 Å². The fraction of sp³-hybridized carbons (Fsp3) is 0.500. The minimum Gasteiger partial charge on any atom is -0.486 e. The van der Waals surface area contributed by atoms with Crippen LogP contribution < -0.4 is 9.04 Å². The highest BCUT2D eigenvalue weighted by Gasteiger charge is 2.37. The summed E-state index contributed by atoms with van der Waals surface area (Å²) in [6.45, 7) is 1.78. The third-order valence-corrected chi connectivity index (χ3v) is 4.77. The van der Waals surface area contributed by atoms with E-state index in [1.54, 1.807) is 31.2 Å². The minimum atomic E-state index is -3.43. The predicted octanol–water partition coefficient (Wildman–Crippen LogP) is 1.86. The van der Waals surface area contributed by atoms with E-state index in [4.69, 9.17) is 9.84 Å². The number of carboxylic acids is 1. The van der Waals surface area contributed by atoms with Gasteiger partial charge in [-0.05, 0) is 31.9 Å². The number of benzene rings is 1. The van der Waals surface area contributed by atoms with Crippen molar-refractivity contribution in [2.75, 3.05) is 10.6 Å². The molecule has 0 aliphatic carbocycles. The van der Waals surface area contributed by atoms with Crippen LogP contribution in [0.3, 0.4) is 0 Å². The lowest BCUT2D eigenvalue weighted by atomic mass is 10.0. The van der Waals surface area contributed by atoms with Crippen LogP contribution in [0, 0.1) is 0 Å². The van der Waals surface area contributed by atoms with Crippen LogP contribution >= 0.6 is 0 Å². The smallest absolute Gasteiger partial charge is 0.303 e. The molecule has 116 valence electrons. The lowest BCUT2D eigenvalue weighted by Crippen LogP contribution is -2.50. The van der Waals surface area contributed by atoms with E-state index in [0.717, 1.165) is 0 Å². The fourth-order valence-corrected chi connectivity index (χ4v) is 3.85. The van der Waals surface area contributed by atoms with Gasteiger partial charge in [-0.15, -0.1) is 0 Å². The van der Waals surface area contributed by atoms with Crippen molar-refractivity contribution in [1.82, 2.24) is 0 Å². The summed E-state index contributed by atoms with van der Waals surface area (Å²) in [6.07, 6.45) is 1.80. The zero-order valence-corrected chi connectivity index (χ0v) is 12.8. The Morgan fingerprint density at radius 3 is 2.67 bits per heavy atom. The summed E-state index contributed by atoms with van der Waals surface area (Å²) in [7, 11) is -3.43. The van der Waals surface area contributed by atoms with E-state index in [1.807, 2.05) is 0 Å². The predicted molar refractivity (Wildman–Crippen MR) is 79.1 cm³/mol. The molecular weight excluding hydrogens is 294 g/mol. The number of carboxylic acid groups (broad SMARTS) is 1. The van der Waals surface area contributed by atoms with Crippen molar-refractivity contribution in [2.24, 2.45) is 0 Å². The minimum absolute atomic E-state index is 0.0487. The lowest BCUT2D eigenvalue weighted by Gasteiger charge is -2.40. The molecule has 0 radical (unpaired) electrons. The van der Waals surface area contributed by atoms with Gasteiger partial charge < -0.3 is 9.84 Å². The molecule has 2 atom stereocenters. The summed E-state index contributed by atoms with van der Waals surface area (Å²) in [6, 6.07) is 6.61. The largest absolute Gasteiger partial charge is 0.486 e. The number of aliphatic carboxylic acids is 1. The Balaban J connectivity index is 2.27. The molecule has 0 fully saturated rings.